The quantitative estimate of drug-likeness (QED) is 0.798. The van der Waals surface area contributed by atoms with Crippen LogP contribution in [-0.4, -0.2) is 57.2 Å². The van der Waals surface area contributed by atoms with Crippen molar-refractivity contribution in [2.24, 2.45) is 11.8 Å². The molecular formula is C17H20FN3O5S. The Hall–Kier alpha value is -1.88. The van der Waals surface area contributed by atoms with Crippen molar-refractivity contribution in [3.63, 3.8) is 0 Å². The van der Waals surface area contributed by atoms with E-state index < -0.39 is 15.7 Å². The number of benzene rings is 1. The van der Waals surface area contributed by atoms with Crippen molar-refractivity contribution in [2.75, 3.05) is 32.6 Å². The summed E-state index contributed by atoms with van der Waals surface area (Å²) in [4.78, 5) is 3.86. The summed E-state index contributed by atoms with van der Waals surface area (Å²) in [5.41, 5.74) is 0.335. The zero-order chi connectivity index (χ0) is 19.0. The molecule has 27 heavy (non-hydrogen) atoms. The lowest BCUT2D eigenvalue weighted by Gasteiger charge is -2.42. The summed E-state index contributed by atoms with van der Waals surface area (Å²) in [5, 5.41) is 7.21. The summed E-state index contributed by atoms with van der Waals surface area (Å²) >= 11 is 0. The van der Waals surface area contributed by atoms with E-state index in [1.165, 1.54) is 12.1 Å². The predicted molar refractivity (Wildman–Crippen MR) is 92.0 cm³/mol. The summed E-state index contributed by atoms with van der Waals surface area (Å²) in [7, 11) is -3.63. The number of ether oxygens (including phenoxy) is 2. The first-order valence-electron chi connectivity index (χ1n) is 8.64. The number of aromatic nitrogens is 2. The van der Waals surface area contributed by atoms with Crippen molar-refractivity contribution in [1.29, 1.82) is 0 Å². The highest BCUT2D eigenvalue weighted by molar-refractivity contribution is 7.90. The number of fused-ring (bicyclic) bond motifs is 2. The first-order chi connectivity index (χ1) is 12.9. The Balaban J connectivity index is 1.45. The van der Waals surface area contributed by atoms with Gasteiger partial charge in [0.1, 0.15) is 17.3 Å². The Morgan fingerprint density at radius 2 is 2.04 bits per heavy atom. The molecule has 2 unspecified atom stereocenters. The highest BCUT2D eigenvalue weighted by atomic mass is 32.2. The van der Waals surface area contributed by atoms with Crippen LogP contribution in [0, 0.1) is 17.7 Å². The Kier molecular flexibility index (Phi) is 4.97. The molecule has 2 saturated heterocycles. The monoisotopic (exact) mass is 397 g/mol. The number of rotatable bonds is 5. The average molecular weight is 397 g/mol. The summed E-state index contributed by atoms with van der Waals surface area (Å²) in [6, 6.07) is 3.73. The summed E-state index contributed by atoms with van der Waals surface area (Å²) < 4.78 is 53.8. The third kappa shape index (κ3) is 3.88. The maximum absolute atomic E-state index is 14.1. The van der Waals surface area contributed by atoms with Crippen LogP contribution in [-0.2, 0) is 25.9 Å². The van der Waals surface area contributed by atoms with Gasteiger partial charge in [-0.25, -0.2) is 12.8 Å². The summed E-state index contributed by atoms with van der Waals surface area (Å²) in [6.45, 7) is 3.18. The van der Waals surface area contributed by atoms with Crippen LogP contribution in [0.15, 0.2) is 27.6 Å². The third-order valence-corrected chi connectivity index (χ3v) is 5.99. The smallest absolute Gasteiger partial charge is 0.252 e. The van der Waals surface area contributed by atoms with Gasteiger partial charge >= 0.3 is 0 Å². The van der Waals surface area contributed by atoms with E-state index in [-0.39, 0.29) is 41.2 Å². The van der Waals surface area contributed by atoms with Crippen LogP contribution in [0.25, 0.3) is 11.4 Å². The van der Waals surface area contributed by atoms with Gasteiger partial charge in [0.25, 0.3) is 5.89 Å². The minimum Gasteiger partial charge on any atom is -0.381 e. The van der Waals surface area contributed by atoms with E-state index in [0.717, 1.165) is 25.4 Å². The van der Waals surface area contributed by atoms with E-state index in [4.69, 9.17) is 14.0 Å². The van der Waals surface area contributed by atoms with Gasteiger partial charge < -0.3 is 19.3 Å². The van der Waals surface area contributed by atoms with Gasteiger partial charge in [-0.15, -0.1) is 0 Å². The first kappa shape index (κ1) is 18.5. The lowest BCUT2D eigenvalue weighted by molar-refractivity contribution is -0.133. The standard InChI is InChI=1S/C17H20FN3O5S/c1-27(22,23)14-3-2-10(4-13(14)18)17-20-15(26-21-17)9-25-16-11-5-19-6-12(16)8-24-7-11/h2-4,11-12,16,19H,5-9H2,1H3. The van der Waals surface area contributed by atoms with Gasteiger partial charge in [-0.3, -0.25) is 0 Å². The number of hydrogen-bond donors (Lipinski definition) is 1. The zero-order valence-corrected chi connectivity index (χ0v) is 15.5. The fourth-order valence-corrected chi connectivity index (χ4v) is 4.29. The second-order valence-corrected chi connectivity index (χ2v) is 8.90. The molecule has 3 heterocycles. The number of piperidine rings is 1. The zero-order valence-electron chi connectivity index (χ0n) is 14.7. The van der Waals surface area contributed by atoms with Gasteiger partial charge in [-0.1, -0.05) is 5.16 Å². The largest absolute Gasteiger partial charge is 0.381 e. The molecule has 10 heteroatoms. The molecule has 0 spiro atoms. The van der Waals surface area contributed by atoms with E-state index >= 15 is 0 Å². The summed E-state index contributed by atoms with van der Waals surface area (Å²) in [6.07, 6.45) is 1.03. The molecule has 0 saturated carbocycles. The minimum atomic E-state index is -3.63. The molecule has 1 aromatic heterocycles. The maximum Gasteiger partial charge on any atom is 0.252 e. The molecule has 2 fully saturated rings. The van der Waals surface area contributed by atoms with Crippen LogP contribution in [0.4, 0.5) is 4.39 Å². The van der Waals surface area contributed by atoms with Crippen LogP contribution in [0.1, 0.15) is 5.89 Å². The molecule has 146 valence electrons. The van der Waals surface area contributed by atoms with Crippen molar-refractivity contribution < 1.29 is 26.8 Å². The summed E-state index contributed by atoms with van der Waals surface area (Å²) in [5.74, 6) is 0.201. The SMILES string of the molecule is CS(=O)(=O)c1ccc(-c2noc(COC3C4CNCC3COC4)n2)cc1F. The molecule has 2 bridgehead atoms. The van der Waals surface area contributed by atoms with Crippen LogP contribution in [0.5, 0.6) is 0 Å². The molecule has 2 aromatic rings. The number of halogens is 1. The van der Waals surface area contributed by atoms with Gasteiger partial charge in [-0.05, 0) is 18.2 Å². The number of sulfone groups is 1. The second-order valence-electron chi connectivity index (χ2n) is 6.92. The average Bonchev–Trinajstić information content (AvgIpc) is 3.07. The van der Waals surface area contributed by atoms with Crippen LogP contribution < -0.4 is 5.32 Å². The number of hydrogen-bond acceptors (Lipinski definition) is 8. The van der Waals surface area contributed by atoms with Crippen LogP contribution in [0.2, 0.25) is 0 Å². The molecule has 1 N–H and O–H groups in total. The first-order valence-corrected chi connectivity index (χ1v) is 10.5. The number of nitrogens with one attached hydrogen (secondary N) is 1. The molecule has 0 radical (unpaired) electrons. The predicted octanol–water partition coefficient (Wildman–Crippen LogP) is 1.03. The van der Waals surface area contributed by atoms with Gasteiger partial charge in [0.2, 0.25) is 5.82 Å². The Bertz CT molecular complexity index is 910. The van der Waals surface area contributed by atoms with Gasteiger partial charge in [0, 0.05) is 36.7 Å². The van der Waals surface area contributed by atoms with Crippen molar-refractivity contribution in [1.82, 2.24) is 15.5 Å². The van der Waals surface area contributed by atoms with Crippen LogP contribution in [0.3, 0.4) is 0 Å². The Morgan fingerprint density at radius 3 is 2.70 bits per heavy atom. The molecule has 0 aliphatic carbocycles. The fourth-order valence-electron chi connectivity index (χ4n) is 3.56. The second kappa shape index (κ2) is 7.27. The Labute approximate surface area is 156 Å². The van der Waals surface area contributed by atoms with E-state index in [0.29, 0.717) is 18.8 Å². The van der Waals surface area contributed by atoms with Crippen LogP contribution >= 0.6 is 0 Å². The van der Waals surface area contributed by atoms with Crippen molar-refractivity contribution >= 4 is 9.84 Å². The molecule has 2 aliphatic heterocycles. The molecule has 0 amide bonds. The molecule has 2 atom stereocenters. The maximum atomic E-state index is 14.1. The lowest BCUT2D eigenvalue weighted by Crippen LogP contribution is -2.54. The van der Waals surface area contributed by atoms with E-state index in [1.807, 2.05) is 0 Å². The van der Waals surface area contributed by atoms with E-state index in [2.05, 4.69) is 15.5 Å². The molecule has 2 aliphatic rings. The molecule has 4 rings (SSSR count). The minimum absolute atomic E-state index is 0.0711. The van der Waals surface area contributed by atoms with Crippen molar-refractivity contribution in [2.45, 2.75) is 17.6 Å². The van der Waals surface area contributed by atoms with Gasteiger partial charge in [-0.2, -0.15) is 4.98 Å². The van der Waals surface area contributed by atoms with Crippen molar-refractivity contribution in [3.05, 3.63) is 29.9 Å². The fraction of sp³-hybridized carbons (Fsp3) is 0.529. The third-order valence-electron chi connectivity index (χ3n) is 4.86. The molecular weight excluding hydrogens is 377 g/mol. The Morgan fingerprint density at radius 1 is 1.30 bits per heavy atom. The lowest BCUT2D eigenvalue weighted by atomic mass is 9.86. The van der Waals surface area contributed by atoms with Gasteiger partial charge in [0.15, 0.2) is 9.84 Å². The highest BCUT2D eigenvalue weighted by Gasteiger charge is 2.38. The number of nitrogens with zero attached hydrogens (tertiary/aromatic N) is 2. The van der Waals surface area contributed by atoms with E-state index in [1.54, 1.807) is 0 Å². The topological polar surface area (TPSA) is 104 Å². The normalized spacial score (nSPS) is 25.5. The molecule has 1 aromatic carbocycles. The van der Waals surface area contributed by atoms with E-state index in [9.17, 15) is 12.8 Å². The molecule has 8 nitrogen and oxygen atoms in total. The van der Waals surface area contributed by atoms with Crippen molar-refractivity contribution in [3.8, 4) is 11.4 Å². The highest BCUT2D eigenvalue weighted by Crippen LogP contribution is 2.27. The van der Waals surface area contributed by atoms with Gasteiger partial charge in [0.05, 0.1) is 19.3 Å².